The molecule has 0 radical (unpaired) electrons. The van der Waals surface area contributed by atoms with Crippen LogP contribution < -0.4 is 10.6 Å². The van der Waals surface area contributed by atoms with E-state index in [1.807, 2.05) is 74.5 Å². The number of hydrogen-bond acceptors (Lipinski definition) is 2. The van der Waals surface area contributed by atoms with E-state index < -0.39 is 0 Å². The van der Waals surface area contributed by atoms with E-state index in [9.17, 15) is 9.59 Å². The van der Waals surface area contributed by atoms with Crippen molar-refractivity contribution in [2.75, 3.05) is 6.54 Å². The Morgan fingerprint density at radius 3 is 2.00 bits per heavy atom. The fourth-order valence-corrected chi connectivity index (χ4v) is 3.34. The SMILES string of the molecule is CC(C)N1CC(NC(=O)NC(c2ccccc2)c2ccccc2)CC1=O. The maximum Gasteiger partial charge on any atom is 0.315 e. The highest BCUT2D eigenvalue weighted by molar-refractivity contribution is 5.82. The number of amides is 3. The first-order valence-corrected chi connectivity index (χ1v) is 9.01. The molecule has 1 fully saturated rings. The van der Waals surface area contributed by atoms with Crippen LogP contribution in [0.25, 0.3) is 0 Å². The summed E-state index contributed by atoms with van der Waals surface area (Å²) in [6.45, 7) is 4.54. The molecule has 2 aromatic carbocycles. The summed E-state index contributed by atoms with van der Waals surface area (Å²) in [6.07, 6.45) is 0.354. The van der Waals surface area contributed by atoms with E-state index in [1.54, 1.807) is 4.90 Å². The van der Waals surface area contributed by atoms with Crippen LogP contribution in [0.3, 0.4) is 0 Å². The zero-order chi connectivity index (χ0) is 18.5. The summed E-state index contributed by atoms with van der Waals surface area (Å²) in [5, 5.41) is 6.01. The van der Waals surface area contributed by atoms with Gasteiger partial charge in [-0.05, 0) is 25.0 Å². The Kier molecular flexibility index (Phi) is 5.56. The molecule has 0 aliphatic carbocycles. The first-order chi connectivity index (χ1) is 12.5. The third-order valence-corrected chi connectivity index (χ3v) is 4.66. The molecule has 0 saturated carbocycles. The number of carbonyl (C=O) groups excluding carboxylic acids is 2. The van der Waals surface area contributed by atoms with Crippen molar-refractivity contribution in [1.82, 2.24) is 15.5 Å². The second-order valence-corrected chi connectivity index (χ2v) is 6.91. The van der Waals surface area contributed by atoms with E-state index >= 15 is 0 Å². The average Bonchev–Trinajstić information content (AvgIpc) is 3.01. The fraction of sp³-hybridized carbons (Fsp3) is 0.333. The molecule has 2 aromatic rings. The van der Waals surface area contributed by atoms with Crippen LogP contribution in [0.5, 0.6) is 0 Å². The van der Waals surface area contributed by atoms with E-state index in [0.717, 1.165) is 11.1 Å². The maximum atomic E-state index is 12.6. The Morgan fingerprint density at radius 2 is 1.54 bits per heavy atom. The Balaban J connectivity index is 1.70. The van der Waals surface area contributed by atoms with Crippen LogP contribution in [0.2, 0.25) is 0 Å². The minimum absolute atomic E-state index is 0.0907. The van der Waals surface area contributed by atoms with E-state index in [-0.39, 0.29) is 30.1 Å². The summed E-state index contributed by atoms with van der Waals surface area (Å²) < 4.78 is 0. The maximum absolute atomic E-state index is 12.6. The third-order valence-electron chi connectivity index (χ3n) is 4.66. The number of hydrogen-bond donors (Lipinski definition) is 2. The number of rotatable bonds is 5. The summed E-state index contributed by atoms with van der Waals surface area (Å²) in [7, 11) is 0. The third kappa shape index (κ3) is 4.23. The summed E-state index contributed by atoms with van der Waals surface area (Å²) in [5.74, 6) is 0.0907. The second kappa shape index (κ2) is 8.04. The largest absolute Gasteiger partial charge is 0.338 e. The molecule has 3 amide bonds. The van der Waals surface area contributed by atoms with Crippen molar-refractivity contribution in [2.45, 2.75) is 38.4 Å². The summed E-state index contributed by atoms with van der Waals surface area (Å²) in [4.78, 5) is 26.4. The van der Waals surface area contributed by atoms with Gasteiger partial charge in [-0.1, -0.05) is 60.7 Å². The second-order valence-electron chi connectivity index (χ2n) is 6.91. The molecule has 1 heterocycles. The fourth-order valence-electron chi connectivity index (χ4n) is 3.34. The van der Waals surface area contributed by atoms with Gasteiger partial charge in [0.2, 0.25) is 5.91 Å². The molecule has 0 spiro atoms. The highest BCUT2D eigenvalue weighted by Crippen LogP contribution is 2.22. The smallest absolute Gasteiger partial charge is 0.315 e. The van der Waals surface area contributed by atoms with Gasteiger partial charge < -0.3 is 15.5 Å². The topological polar surface area (TPSA) is 61.4 Å². The molecule has 3 rings (SSSR count). The van der Waals surface area contributed by atoms with E-state index in [2.05, 4.69) is 10.6 Å². The minimum Gasteiger partial charge on any atom is -0.338 e. The number of urea groups is 1. The number of likely N-dealkylation sites (tertiary alicyclic amines) is 1. The monoisotopic (exact) mass is 351 g/mol. The number of nitrogens with one attached hydrogen (secondary N) is 2. The van der Waals surface area contributed by atoms with Crippen LogP contribution in [0, 0.1) is 0 Å². The zero-order valence-corrected chi connectivity index (χ0v) is 15.2. The zero-order valence-electron chi connectivity index (χ0n) is 15.2. The Bertz CT molecular complexity index is 707. The van der Waals surface area contributed by atoms with Gasteiger partial charge in [0, 0.05) is 19.0 Å². The van der Waals surface area contributed by atoms with Crippen molar-refractivity contribution in [1.29, 1.82) is 0 Å². The lowest BCUT2D eigenvalue weighted by atomic mass is 9.99. The quantitative estimate of drug-likeness (QED) is 0.870. The van der Waals surface area contributed by atoms with Crippen LogP contribution in [0.4, 0.5) is 4.79 Å². The van der Waals surface area contributed by atoms with Gasteiger partial charge >= 0.3 is 6.03 Å². The molecule has 1 atom stereocenters. The molecule has 0 aromatic heterocycles. The molecule has 26 heavy (non-hydrogen) atoms. The summed E-state index contributed by atoms with van der Waals surface area (Å²) in [6, 6.07) is 19.2. The van der Waals surface area contributed by atoms with E-state index in [4.69, 9.17) is 0 Å². The predicted octanol–water partition coefficient (Wildman–Crippen LogP) is 3.08. The molecule has 5 nitrogen and oxygen atoms in total. The molecule has 1 unspecified atom stereocenters. The highest BCUT2D eigenvalue weighted by Gasteiger charge is 2.32. The molecule has 1 saturated heterocycles. The van der Waals surface area contributed by atoms with Gasteiger partial charge in [-0.3, -0.25) is 4.79 Å². The van der Waals surface area contributed by atoms with Crippen LogP contribution in [0.15, 0.2) is 60.7 Å². The molecule has 1 aliphatic heterocycles. The predicted molar refractivity (Wildman–Crippen MR) is 102 cm³/mol. The Morgan fingerprint density at radius 1 is 1.00 bits per heavy atom. The lowest BCUT2D eigenvalue weighted by molar-refractivity contribution is -0.129. The van der Waals surface area contributed by atoms with Crippen LogP contribution in [0.1, 0.15) is 37.4 Å². The van der Waals surface area contributed by atoms with Crippen molar-refractivity contribution in [3.63, 3.8) is 0 Å². The van der Waals surface area contributed by atoms with Gasteiger partial charge in [-0.2, -0.15) is 0 Å². The van der Waals surface area contributed by atoms with Gasteiger partial charge in [-0.25, -0.2) is 4.79 Å². The van der Waals surface area contributed by atoms with Crippen molar-refractivity contribution in [3.05, 3.63) is 71.8 Å². The van der Waals surface area contributed by atoms with E-state index in [0.29, 0.717) is 13.0 Å². The highest BCUT2D eigenvalue weighted by atomic mass is 16.2. The number of benzene rings is 2. The van der Waals surface area contributed by atoms with Gasteiger partial charge in [-0.15, -0.1) is 0 Å². The van der Waals surface area contributed by atoms with Gasteiger partial charge in [0.25, 0.3) is 0 Å². The van der Waals surface area contributed by atoms with Crippen molar-refractivity contribution >= 4 is 11.9 Å². The molecule has 2 N–H and O–H groups in total. The van der Waals surface area contributed by atoms with Crippen molar-refractivity contribution in [3.8, 4) is 0 Å². The Hall–Kier alpha value is -2.82. The van der Waals surface area contributed by atoms with Crippen LogP contribution in [-0.4, -0.2) is 35.5 Å². The molecular formula is C21H25N3O2. The number of carbonyl (C=O) groups is 2. The first kappa shape index (κ1) is 18.0. The standard InChI is InChI=1S/C21H25N3O2/c1-15(2)24-14-18(13-19(24)25)22-21(26)23-20(16-9-5-3-6-10-16)17-11-7-4-8-12-17/h3-12,15,18,20H,13-14H2,1-2H3,(H2,22,23,26). The van der Waals surface area contributed by atoms with Gasteiger partial charge in [0.1, 0.15) is 0 Å². The Labute approximate surface area is 154 Å². The molecule has 0 bridgehead atoms. The summed E-state index contributed by atoms with van der Waals surface area (Å²) in [5.41, 5.74) is 2.03. The first-order valence-electron chi connectivity index (χ1n) is 9.01. The number of nitrogens with zero attached hydrogens (tertiary/aromatic N) is 1. The van der Waals surface area contributed by atoms with Crippen LogP contribution >= 0.6 is 0 Å². The molecule has 136 valence electrons. The van der Waals surface area contributed by atoms with E-state index in [1.165, 1.54) is 0 Å². The normalized spacial score (nSPS) is 17.0. The molecule has 5 heteroatoms. The van der Waals surface area contributed by atoms with Crippen molar-refractivity contribution in [2.24, 2.45) is 0 Å². The van der Waals surface area contributed by atoms with Gasteiger partial charge in [0.15, 0.2) is 0 Å². The minimum atomic E-state index is -0.258. The molecular weight excluding hydrogens is 326 g/mol. The lowest BCUT2D eigenvalue weighted by Crippen LogP contribution is -2.45. The summed E-state index contributed by atoms with van der Waals surface area (Å²) >= 11 is 0. The van der Waals surface area contributed by atoms with Crippen molar-refractivity contribution < 1.29 is 9.59 Å². The van der Waals surface area contributed by atoms with Crippen LogP contribution in [-0.2, 0) is 4.79 Å². The van der Waals surface area contributed by atoms with Gasteiger partial charge in [0.05, 0.1) is 12.1 Å². The average molecular weight is 351 g/mol. The lowest BCUT2D eigenvalue weighted by Gasteiger charge is -2.23. The molecule has 1 aliphatic rings.